The van der Waals surface area contributed by atoms with Crippen molar-refractivity contribution < 1.29 is 19.2 Å². The van der Waals surface area contributed by atoms with Crippen LogP contribution in [0.1, 0.15) is 47.5 Å². The molecule has 3 rings (SSSR count). The average Bonchev–Trinajstić information content (AvgIpc) is 3.30. The quantitative estimate of drug-likeness (QED) is 0.344. The molecule has 13 heteroatoms. The summed E-state index contributed by atoms with van der Waals surface area (Å²) >= 11 is 12.2. The minimum absolute atomic E-state index is 0.0305. The van der Waals surface area contributed by atoms with Gasteiger partial charge in [0.2, 0.25) is 11.8 Å². The molecule has 36 heavy (non-hydrogen) atoms. The smallest absolute Gasteiger partial charge is 0.271 e. The second kappa shape index (κ2) is 12.2. The van der Waals surface area contributed by atoms with Crippen LogP contribution in [0, 0.1) is 5.92 Å². The second-order valence-corrected chi connectivity index (χ2v) is 9.64. The molecule has 1 aliphatic rings. The Labute approximate surface area is 218 Å². The van der Waals surface area contributed by atoms with Gasteiger partial charge < -0.3 is 26.6 Å². The first kappa shape index (κ1) is 27.4. The van der Waals surface area contributed by atoms with E-state index in [1.54, 1.807) is 11.0 Å². The number of hydrogen-bond acceptors (Lipinski definition) is 6. The topological polar surface area (TPSA) is 162 Å². The second-order valence-electron chi connectivity index (χ2n) is 8.83. The lowest BCUT2D eigenvalue weighted by Gasteiger charge is -2.32. The van der Waals surface area contributed by atoms with Crippen LogP contribution in [0.25, 0.3) is 0 Å². The number of nitrogens with one attached hydrogen (secondary N) is 4. The zero-order valence-electron chi connectivity index (χ0n) is 19.9. The number of aromatic nitrogens is 2. The Hall–Kier alpha value is -3.15. The molecule has 1 aromatic heterocycles. The largest absolute Gasteiger partial charge is 0.348 e. The van der Waals surface area contributed by atoms with Crippen LogP contribution in [0.4, 0.5) is 5.69 Å². The monoisotopic (exact) mass is 537 g/mol. The molecule has 4 amide bonds. The number of benzene rings is 1. The molecule has 0 radical (unpaired) electrons. The number of amides is 4. The highest BCUT2D eigenvalue weighted by Crippen LogP contribution is 2.26. The molecule has 0 saturated carbocycles. The van der Waals surface area contributed by atoms with Crippen molar-refractivity contribution in [2.45, 2.75) is 38.8 Å². The summed E-state index contributed by atoms with van der Waals surface area (Å²) in [6.07, 6.45) is 2.38. The summed E-state index contributed by atoms with van der Waals surface area (Å²) in [6, 6.07) is 3.84. The van der Waals surface area contributed by atoms with Gasteiger partial charge in [-0.05, 0) is 30.9 Å². The van der Waals surface area contributed by atoms with Crippen LogP contribution < -0.4 is 21.7 Å². The molecule has 1 fully saturated rings. The lowest BCUT2D eigenvalue weighted by Crippen LogP contribution is -2.51. The summed E-state index contributed by atoms with van der Waals surface area (Å²) in [4.78, 5) is 51.5. The molecular weight excluding hydrogens is 509 g/mol. The van der Waals surface area contributed by atoms with Crippen LogP contribution in [-0.4, -0.2) is 70.4 Å². The van der Waals surface area contributed by atoms with Crippen molar-refractivity contribution >= 4 is 52.5 Å². The molecule has 1 aromatic carbocycles. The molecule has 11 nitrogen and oxygen atoms in total. The third-order valence-corrected chi connectivity index (χ3v) is 6.55. The summed E-state index contributed by atoms with van der Waals surface area (Å²) in [7, 11) is 0. The van der Waals surface area contributed by atoms with Crippen LogP contribution in [0.3, 0.4) is 0 Å². The van der Waals surface area contributed by atoms with Crippen molar-refractivity contribution in [2.75, 3.05) is 25.0 Å². The highest BCUT2D eigenvalue weighted by atomic mass is 35.5. The predicted octanol–water partition coefficient (Wildman–Crippen LogP) is 1.79. The molecule has 1 atom stereocenters. The van der Waals surface area contributed by atoms with E-state index in [4.69, 9.17) is 28.9 Å². The maximum absolute atomic E-state index is 12.8. The van der Waals surface area contributed by atoms with Gasteiger partial charge in [0.05, 0.1) is 40.1 Å². The Morgan fingerprint density at radius 2 is 1.78 bits per heavy atom. The summed E-state index contributed by atoms with van der Waals surface area (Å²) < 4.78 is 0. The van der Waals surface area contributed by atoms with Gasteiger partial charge in [-0.2, -0.15) is 5.10 Å². The van der Waals surface area contributed by atoms with E-state index in [9.17, 15) is 19.2 Å². The average molecular weight is 538 g/mol. The standard InChI is InChI=1S/C23H29Cl2N7O4/c1-12(2)19(26)22(35)27-11-17(33)32-8-6-13(7-9-32)29-23(36)20-16(10-28-31-20)30-21(34)18-14(24)4-3-5-15(18)25/h3-5,10,12-13,19H,6-9,11,26H2,1-2H3,(H,27,35)(H,28,31)(H,29,36)(H,30,34). The van der Waals surface area contributed by atoms with Gasteiger partial charge in [-0.15, -0.1) is 0 Å². The minimum atomic E-state index is -0.669. The molecule has 1 saturated heterocycles. The van der Waals surface area contributed by atoms with Crippen LogP contribution in [0.2, 0.25) is 10.0 Å². The number of likely N-dealkylation sites (tertiary alicyclic amines) is 1. The molecule has 0 aliphatic carbocycles. The molecule has 194 valence electrons. The molecule has 1 unspecified atom stereocenters. The normalized spacial score (nSPS) is 14.9. The lowest BCUT2D eigenvalue weighted by molar-refractivity contribution is -0.134. The summed E-state index contributed by atoms with van der Waals surface area (Å²) in [6.45, 7) is 4.39. The number of nitrogens with two attached hydrogens (primary N) is 1. The van der Waals surface area contributed by atoms with E-state index in [2.05, 4.69) is 26.1 Å². The van der Waals surface area contributed by atoms with Crippen molar-refractivity contribution in [1.29, 1.82) is 0 Å². The van der Waals surface area contributed by atoms with Crippen LogP contribution in [0.5, 0.6) is 0 Å². The number of rotatable bonds is 8. The number of halogens is 2. The molecule has 2 aromatic rings. The van der Waals surface area contributed by atoms with Crippen LogP contribution >= 0.6 is 23.2 Å². The summed E-state index contributed by atoms with van der Waals surface area (Å²) in [5.41, 5.74) is 6.14. The van der Waals surface area contributed by atoms with Gasteiger partial charge in [0, 0.05) is 19.1 Å². The number of hydrogen-bond donors (Lipinski definition) is 5. The van der Waals surface area contributed by atoms with E-state index in [1.165, 1.54) is 18.3 Å². The number of anilines is 1. The number of H-pyrrole nitrogens is 1. The number of nitrogens with zero attached hydrogens (tertiary/aromatic N) is 2. The van der Waals surface area contributed by atoms with Crippen molar-refractivity contribution in [2.24, 2.45) is 11.7 Å². The van der Waals surface area contributed by atoms with Crippen molar-refractivity contribution in [3.63, 3.8) is 0 Å². The zero-order valence-corrected chi connectivity index (χ0v) is 21.4. The minimum Gasteiger partial charge on any atom is -0.348 e. The van der Waals surface area contributed by atoms with Crippen LogP contribution in [0.15, 0.2) is 24.4 Å². The number of carbonyl (C=O) groups excluding carboxylic acids is 4. The van der Waals surface area contributed by atoms with Gasteiger partial charge in [-0.25, -0.2) is 0 Å². The molecular formula is C23H29Cl2N7O4. The fraction of sp³-hybridized carbons (Fsp3) is 0.435. The highest BCUT2D eigenvalue weighted by Gasteiger charge is 2.27. The molecule has 6 N–H and O–H groups in total. The Balaban J connectivity index is 1.50. The number of aromatic amines is 1. The Kier molecular flexibility index (Phi) is 9.30. The van der Waals surface area contributed by atoms with E-state index in [0.717, 1.165) is 0 Å². The van der Waals surface area contributed by atoms with E-state index in [1.807, 2.05) is 13.8 Å². The Morgan fingerprint density at radius 3 is 2.39 bits per heavy atom. The van der Waals surface area contributed by atoms with Crippen molar-refractivity contribution in [3.05, 3.63) is 45.7 Å². The van der Waals surface area contributed by atoms with E-state index < -0.39 is 17.9 Å². The first-order chi connectivity index (χ1) is 17.1. The fourth-order valence-electron chi connectivity index (χ4n) is 3.68. The SMILES string of the molecule is CC(C)C(N)C(=O)NCC(=O)N1CCC(NC(=O)c2[nH]ncc2NC(=O)c2c(Cl)cccc2Cl)CC1. The summed E-state index contributed by atoms with van der Waals surface area (Å²) in [5, 5.41) is 14.9. The fourth-order valence-corrected chi connectivity index (χ4v) is 4.25. The van der Waals surface area contributed by atoms with Gasteiger partial charge in [0.15, 0.2) is 0 Å². The maximum Gasteiger partial charge on any atom is 0.271 e. The van der Waals surface area contributed by atoms with Gasteiger partial charge in [0.1, 0.15) is 5.69 Å². The first-order valence-electron chi connectivity index (χ1n) is 11.5. The third-order valence-electron chi connectivity index (χ3n) is 5.92. The third kappa shape index (κ3) is 6.74. The van der Waals surface area contributed by atoms with Crippen LogP contribution in [-0.2, 0) is 9.59 Å². The van der Waals surface area contributed by atoms with Crippen molar-refractivity contribution in [1.82, 2.24) is 25.7 Å². The number of carbonyl (C=O) groups is 4. The Morgan fingerprint density at radius 1 is 1.14 bits per heavy atom. The van der Waals surface area contributed by atoms with Crippen molar-refractivity contribution in [3.8, 4) is 0 Å². The lowest BCUT2D eigenvalue weighted by atomic mass is 10.0. The number of piperidine rings is 1. The zero-order chi connectivity index (χ0) is 26.4. The molecule has 2 heterocycles. The van der Waals surface area contributed by atoms with Gasteiger partial charge in [-0.1, -0.05) is 43.1 Å². The summed E-state index contributed by atoms with van der Waals surface area (Å²) in [5.74, 6) is -1.63. The Bertz CT molecular complexity index is 1110. The van der Waals surface area contributed by atoms with Gasteiger partial charge >= 0.3 is 0 Å². The molecule has 0 bridgehead atoms. The van der Waals surface area contributed by atoms with Gasteiger partial charge in [0.25, 0.3) is 11.8 Å². The van der Waals surface area contributed by atoms with E-state index >= 15 is 0 Å². The van der Waals surface area contributed by atoms with E-state index in [-0.39, 0.29) is 57.3 Å². The maximum atomic E-state index is 12.8. The predicted molar refractivity (Wildman–Crippen MR) is 136 cm³/mol. The molecule has 1 aliphatic heterocycles. The van der Waals surface area contributed by atoms with Gasteiger partial charge in [-0.3, -0.25) is 24.3 Å². The van der Waals surface area contributed by atoms with E-state index in [0.29, 0.717) is 25.9 Å². The highest BCUT2D eigenvalue weighted by molar-refractivity contribution is 6.40. The first-order valence-corrected chi connectivity index (χ1v) is 12.2. The molecule has 0 spiro atoms.